The molecule has 1 aliphatic rings. The van der Waals surface area contributed by atoms with Crippen molar-refractivity contribution in [2.45, 2.75) is 25.7 Å². The Hall–Kier alpha value is -2.57. The molecule has 0 spiro atoms. The summed E-state index contributed by atoms with van der Waals surface area (Å²) in [4.78, 5) is 36.3. The number of hydrogen-bond donors (Lipinski definition) is 3. The minimum absolute atomic E-state index is 0.0248. The van der Waals surface area contributed by atoms with Crippen LogP contribution in [0.3, 0.4) is 0 Å². The van der Waals surface area contributed by atoms with Crippen LogP contribution in [-0.4, -0.2) is 35.8 Å². The third-order valence-electron chi connectivity index (χ3n) is 3.42. The first-order valence-electron chi connectivity index (χ1n) is 7.29. The molecule has 0 aromatic heterocycles. The summed E-state index contributed by atoms with van der Waals surface area (Å²) in [6.07, 6.45) is 3.34. The Balaban J connectivity index is 1.93. The molecule has 22 heavy (non-hydrogen) atoms. The van der Waals surface area contributed by atoms with Crippen LogP contribution in [0.25, 0.3) is 0 Å². The number of amides is 4. The van der Waals surface area contributed by atoms with Gasteiger partial charge in [0.25, 0.3) is 0 Å². The fourth-order valence-electron chi connectivity index (χ4n) is 2.40. The van der Waals surface area contributed by atoms with Gasteiger partial charge >= 0.3 is 6.03 Å². The van der Waals surface area contributed by atoms with Crippen LogP contribution in [-0.2, 0) is 9.59 Å². The molecular formula is C15H20N4O3. The number of carbonyl (C=O) groups excluding carboxylic acids is 3. The minimum Gasteiger partial charge on any atom is -0.351 e. The molecular weight excluding hydrogens is 284 g/mol. The van der Waals surface area contributed by atoms with Gasteiger partial charge in [-0.05, 0) is 31.0 Å². The van der Waals surface area contributed by atoms with Gasteiger partial charge in [-0.25, -0.2) is 4.79 Å². The van der Waals surface area contributed by atoms with Crippen molar-refractivity contribution in [2.75, 3.05) is 23.7 Å². The SMILES string of the molecule is NC(=O)Nc1cccc(NC(=O)CN2CCCCCC2=O)c1. The molecule has 0 bridgehead atoms. The molecule has 0 atom stereocenters. The topological polar surface area (TPSA) is 105 Å². The molecule has 4 N–H and O–H groups in total. The monoisotopic (exact) mass is 304 g/mol. The number of nitrogens with zero attached hydrogens (tertiary/aromatic N) is 1. The summed E-state index contributed by atoms with van der Waals surface area (Å²) in [5, 5.41) is 5.16. The van der Waals surface area contributed by atoms with Gasteiger partial charge in [0.15, 0.2) is 0 Å². The van der Waals surface area contributed by atoms with E-state index in [4.69, 9.17) is 5.73 Å². The quantitative estimate of drug-likeness (QED) is 0.785. The number of likely N-dealkylation sites (tertiary alicyclic amines) is 1. The third kappa shape index (κ3) is 4.76. The molecule has 7 heteroatoms. The first-order valence-corrected chi connectivity index (χ1v) is 7.29. The number of urea groups is 1. The van der Waals surface area contributed by atoms with Crippen LogP contribution >= 0.6 is 0 Å². The Morgan fingerprint density at radius 1 is 1.14 bits per heavy atom. The van der Waals surface area contributed by atoms with Crippen LogP contribution in [0.15, 0.2) is 24.3 Å². The second-order valence-electron chi connectivity index (χ2n) is 5.24. The molecule has 1 aromatic carbocycles. The molecule has 2 rings (SSSR count). The lowest BCUT2D eigenvalue weighted by Crippen LogP contribution is -2.37. The molecule has 1 heterocycles. The lowest BCUT2D eigenvalue weighted by Gasteiger charge is -2.19. The van der Waals surface area contributed by atoms with Crippen LogP contribution < -0.4 is 16.4 Å². The van der Waals surface area contributed by atoms with Gasteiger partial charge in [0.2, 0.25) is 11.8 Å². The van der Waals surface area contributed by atoms with E-state index in [1.807, 2.05) is 0 Å². The molecule has 118 valence electrons. The fraction of sp³-hybridized carbons (Fsp3) is 0.400. The van der Waals surface area contributed by atoms with E-state index in [1.165, 1.54) is 0 Å². The van der Waals surface area contributed by atoms with Gasteiger partial charge < -0.3 is 21.3 Å². The summed E-state index contributed by atoms with van der Waals surface area (Å²) < 4.78 is 0. The molecule has 1 aliphatic heterocycles. The van der Waals surface area contributed by atoms with Crippen molar-refractivity contribution < 1.29 is 14.4 Å². The molecule has 7 nitrogen and oxygen atoms in total. The Bertz CT molecular complexity index is 574. The average molecular weight is 304 g/mol. The maximum Gasteiger partial charge on any atom is 0.316 e. The smallest absolute Gasteiger partial charge is 0.316 e. The first kappa shape index (κ1) is 15.8. The number of hydrogen-bond acceptors (Lipinski definition) is 3. The summed E-state index contributed by atoms with van der Waals surface area (Å²) in [5.74, 6) is -0.233. The average Bonchev–Trinajstić information content (AvgIpc) is 2.64. The fourth-order valence-corrected chi connectivity index (χ4v) is 2.40. The summed E-state index contributed by atoms with van der Waals surface area (Å²) in [6, 6.07) is 6.00. The van der Waals surface area contributed by atoms with Crippen molar-refractivity contribution in [3.63, 3.8) is 0 Å². The molecule has 0 unspecified atom stereocenters. The minimum atomic E-state index is -0.668. The van der Waals surface area contributed by atoms with Crippen molar-refractivity contribution in [1.82, 2.24) is 4.90 Å². The maximum absolute atomic E-state index is 12.1. The zero-order valence-corrected chi connectivity index (χ0v) is 12.3. The van der Waals surface area contributed by atoms with Crippen LogP contribution in [0.1, 0.15) is 25.7 Å². The normalized spacial score (nSPS) is 15.1. The summed E-state index contributed by atoms with van der Waals surface area (Å²) in [7, 11) is 0. The number of benzene rings is 1. The molecule has 0 aliphatic carbocycles. The van der Waals surface area contributed by atoms with Gasteiger partial charge in [0.05, 0.1) is 6.54 Å². The van der Waals surface area contributed by atoms with Crippen molar-refractivity contribution >= 4 is 29.2 Å². The summed E-state index contributed by atoms with van der Waals surface area (Å²) in [6.45, 7) is 0.668. The molecule has 4 amide bonds. The molecule has 1 fully saturated rings. The van der Waals surface area contributed by atoms with Gasteiger partial charge in [-0.1, -0.05) is 12.5 Å². The number of nitrogens with one attached hydrogen (secondary N) is 2. The Morgan fingerprint density at radius 3 is 2.59 bits per heavy atom. The van der Waals surface area contributed by atoms with Gasteiger partial charge in [0, 0.05) is 24.3 Å². The Kier molecular flexibility index (Phi) is 5.35. The van der Waals surface area contributed by atoms with Crippen LogP contribution in [0.4, 0.5) is 16.2 Å². The highest BCUT2D eigenvalue weighted by molar-refractivity contribution is 5.95. The predicted octanol–water partition coefficient (Wildman–Crippen LogP) is 1.52. The molecule has 1 aromatic rings. The van der Waals surface area contributed by atoms with Gasteiger partial charge in [-0.3, -0.25) is 9.59 Å². The second-order valence-corrected chi connectivity index (χ2v) is 5.24. The third-order valence-corrected chi connectivity index (χ3v) is 3.42. The lowest BCUT2D eigenvalue weighted by molar-refractivity contribution is -0.134. The van der Waals surface area contributed by atoms with E-state index in [9.17, 15) is 14.4 Å². The maximum atomic E-state index is 12.1. The largest absolute Gasteiger partial charge is 0.351 e. The molecule has 1 saturated heterocycles. The van der Waals surface area contributed by atoms with E-state index in [0.29, 0.717) is 24.3 Å². The van der Waals surface area contributed by atoms with E-state index in [0.717, 1.165) is 19.3 Å². The van der Waals surface area contributed by atoms with E-state index < -0.39 is 6.03 Å². The van der Waals surface area contributed by atoms with E-state index in [2.05, 4.69) is 10.6 Å². The summed E-state index contributed by atoms with van der Waals surface area (Å²) in [5.41, 5.74) is 6.08. The Morgan fingerprint density at radius 2 is 1.86 bits per heavy atom. The Labute approximate surface area is 128 Å². The molecule has 0 radical (unpaired) electrons. The van der Waals surface area contributed by atoms with Crippen molar-refractivity contribution in [3.05, 3.63) is 24.3 Å². The first-order chi connectivity index (χ1) is 10.5. The highest BCUT2D eigenvalue weighted by Gasteiger charge is 2.19. The van der Waals surface area contributed by atoms with Gasteiger partial charge in [-0.15, -0.1) is 0 Å². The van der Waals surface area contributed by atoms with Crippen LogP contribution in [0.2, 0.25) is 0 Å². The highest BCUT2D eigenvalue weighted by atomic mass is 16.2. The van der Waals surface area contributed by atoms with E-state index >= 15 is 0 Å². The zero-order valence-electron chi connectivity index (χ0n) is 12.3. The number of nitrogens with two attached hydrogens (primary N) is 1. The number of carbonyl (C=O) groups is 3. The van der Waals surface area contributed by atoms with Crippen LogP contribution in [0.5, 0.6) is 0 Å². The predicted molar refractivity (Wildman–Crippen MR) is 83.3 cm³/mol. The number of anilines is 2. The number of primary amides is 1. The van der Waals surface area contributed by atoms with Crippen molar-refractivity contribution in [3.8, 4) is 0 Å². The summed E-state index contributed by atoms with van der Waals surface area (Å²) >= 11 is 0. The molecule has 0 saturated carbocycles. The van der Waals surface area contributed by atoms with E-state index in [1.54, 1.807) is 29.2 Å². The lowest BCUT2D eigenvalue weighted by atomic mass is 10.2. The zero-order chi connectivity index (χ0) is 15.9. The highest BCUT2D eigenvalue weighted by Crippen LogP contribution is 2.15. The van der Waals surface area contributed by atoms with Gasteiger partial charge in [-0.2, -0.15) is 0 Å². The van der Waals surface area contributed by atoms with E-state index in [-0.39, 0.29) is 18.4 Å². The number of rotatable bonds is 4. The van der Waals surface area contributed by atoms with Crippen molar-refractivity contribution in [1.29, 1.82) is 0 Å². The van der Waals surface area contributed by atoms with Gasteiger partial charge in [0.1, 0.15) is 0 Å². The standard InChI is InChI=1S/C15H20N4O3/c16-15(22)18-12-6-4-5-11(9-12)17-13(20)10-19-8-3-1-2-7-14(19)21/h4-6,9H,1-3,7-8,10H2,(H,17,20)(H3,16,18,22). The van der Waals surface area contributed by atoms with Crippen molar-refractivity contribution in [2.24, 2.45) is 5.73 Å². The van der Waals surface area contributed by atoms with Crippen LogP contribution in [0, 0.1) is 0 Å². The second kappa shape index (κ2) is 7.44.